The Bertz CT molecular complexity index is 2290. The van der Waals surface area contributed by atoms with Gasteiger partial charge in [-0.3, -0.25) is 14.4 Å². The van der Waals surface area contributed by atoms with E-state index in [-0.39, 0.29) is 22.0 Å². The highest BCUT2D eigenvalue weighted by Gasteiger charge is 2.35. The Kier molecular flexibility index (Phi) is 13.1. The molecule has 0 spiro atoms. The first kappa shape index (κ1) is 40.8. The number of hydrogen-bond acceptors (Lipinski definition) is 7. The summed E-state index contributed by atoms with van der Waals surface area (Å²) in [5, 5.41) is 8.99. The molecule has 1 aromatic heterocycles. The van der Waals surface area contributed by atoms with Crippen molar-refractivity contribution in [3.8, 4) is 0 Å². The second-order valence-corrected chi connectivity index (χ2v) is 17.5. The third-order valence-corrected chi connectivity index (χ3v) is 12.9. The monoisotopic (exact) mass is 825 g/mol. The number of thiophene rings is 1. The summed E-state index contributed by atoms with van der Waals surface area (Å²) in [4.78, 5) is 56.3. The maximum absolute atomic E-state index is 14.3. The Morgan fingerprint density at radius 1 is 0.893 bits per heavy atom. The van der Waals surface area contributed by atoms with Crippen LogP contribution in [0.15, 0.2) is 114 Å². The van der Waals surface area contributed by atoms with Crippen LogP contribution in [-0.2, 0) is 27.2 Å². The van der Waals surface area contributed by atoms with Gasteiger partial charge in [-0.25, -0.2) is 4.79 Å². The zero-order valence-corrected chi connectivity index (χ0v) is 34.4. The van der Waals surface area contributed by atoms with Gasteiger partial charge in [-0.1, -0.05) is 111 Å². The number of amides is 3. The summed E-state index contributed by atoms with van der Waals surface area (Å²) in [7, 11) is 1.36. The molecule has 1 aliphatic carbocycles. The molecule has 0 fully saturated rings. The van der Waals surface area contributed by atoms with Crippen LogP contribution in [0.5, 0.6) is 0 Å². The van der Waals surface area contributed by atoms with E-state index in [2.05, 4.69) is 36.7 Å². The molecule has 8 nitrogen and oxygen atoms in total. The SMILES string of the molecule is COC(=O)c1c(NC(=O)C(Sc2cccc(NC(=O)/C(=C\c3cccc(Cl)c3Cl)NC(=O)c3ccccc3)c2)c2ccccc2)sc2c1CCC(C(C)(C)C)C2. The van der Waals surface area contributed by atoms with Crippen LogP contribution >= 0.6 is 46.3 Å². The van der Waals surface area contributed by atoms with E-state index >= 15 is 0 Å². The number of rotatable bonds is 11. The molecule has 3 amide bonds. The maximum atomic E-state index is 14.3. The zero-order chi connectivity index (χ0) is 40.0. The number of carbonyl (C=O) groups excluding carboxylic acids is 4. The average Bonchev–Trinajstić information content (AvgIpc) is 3.55. The Labute approximate surface area is 345 Å². The molecule has 6 rings (SSSR count). The minimum absolute atomic E-state index is 0.0588. The quantitative estimate of drug-likeness (QED) is 0.0694. The fourth-order valence-corrected chi connectivity index (χ4v) is 9.29. The van der Waals surface area contributed by atoms with E-state index in [1.54, 1.807) is 66.7 Å². The van der Waals surface area contributed by atoms with Crippen LogP contribution in [-0.4, -0.2) is 30.8 Å². The van der Waals surface area contributed by atoms with Gasteiger partial charge in [0, 0.05) is 21.0 Å². The second kappa shape index (κ2) is 17.9. The summed E-state index contributed by atoms with van der Waals surface area (Å²) >= 11 is 15.5. The second-order valence-electron chi connectivity index (χ2n) is 14.4. The predicted molar refractivity (Wildman–Crippen MR) is 228 cm³/mol. The number of hydrogen-bond donors (Lipinski definition) is 3. The smallest absolute Gasteiger partial charge is 0.341 e. The molecule has 5 aromatic rings. The first-order chi connectivity index (χ1) is 26.8. The van der Waals surface area contributed by atoms with Crippen molar-refractivity contribution < 1.29 is 23.9 Å². The van der Waals surface area contributed by atoms with Gasteiger partial charge >= 0.3 is 5.97 Å². The van der Waals surface area contributed by atoms with E-state index < -0.39 is 23.0 Å². The fraction of sp³-hybridized carbons (Fsp3) is 0.227. The highest BCUT2D eigenvalue weighted by molar-refractivity contribution is 8.00. The molecule has 0 aliphatic heterocycles. The lowest BCUT2D eigenvalue weighted by molar-refractivity contribution is -0.116. The normalized spacial score (nSPS) is 14.6. The van der Waals surface area contributed by atoms with Crippen molar-refractivity contribution in [3.63, 3.8) is 0 Å². The molecule has 2 unspecified atom stereocenters. The van der Waals surface area contributed by atoms with Crippen molar-refractivity contribution in [2.75, 3.05) is 17.7 Å². The maximum Gasteiger partial charge on any atom is 0.341 e. The van der Waals surface area contributed by atoms with Crippen LogP contribution in [0.25, 0.3) is 6.08 Å². The molecule has 288 valence electrons. The molecule has 0 radical (unpaired) electrons. The minimum atomic E-state index is -0.723. The molecular weight excluding hydrogens is 786 g/mol. The molecule has 1 aliphatic rings. The number of carbonyl (C=O) groups is 4. The van der Waals surface area contributed by atoms with E-state index in [1.807, 2.05) is 36.4 Å². The molecule has 0 bridgehead atoms. The van der Waals surface area contributed by atoms with Crippen LogP contribution < -0.4 is 16.0 Å². The lowest BCUT2D eigenvalue weighted by Gasteiger charge is -2.33. The van der Waals surface area contributed by atoms with Gasteiger partial charge in [-0.2, -0.15) is 0 Å². The molecule has 1 heterocycles. The lowest BCUT2D eigenvalue weighted by atomic mass is 9.72. The first-order valence-corrected chi connectivity index (χ1v) is 20.5. The van der Waals surface area contributed by atoms with Crippen molar-refractivity contribution in [1.82, 2.24) is 5.32 Å². The average molecular weight is 827 g/mol. The number of nitrogens with one attached hydrogen (secondary N) is 3. The Balaban J connectivity index is 1.26. The van der Waals surface area contributed by atoms with Gasteiger partial charge in [0.1, 0.15) is 15.9 Å². The van der Waals surface area contributed by atoms with Crippen molar-refractivity contribution >= 4 is 86.8 Å². The summed E-state index contributed by atoms with van der Waals surface area (Å²) < 4.78 is 5.20. The van der Waals surface area contributed by atoms with Gasteiger partial charge in [-0.15, -0.1) is 23.1 Å². The molecule has 0 saturated heterocycles. The molecule has 2 atom stereocenters. The summed E-state index contributed by atoms with van der Waals surface area (Å²) in [6.45, 7) is 6.70. The number of fused-ring (bicyclic) bond motifs is 1. The number of methoxy groups -OCH3 is 1. The number of halogens is 2. The number of anilines is 2. The molecule has 0 saturated carbocycles. The Morgan fingerprint density at radius 2 is 1.59 bits per heavy atom. The minimum Gasteiger partial charge on any atom is -0.465 e. The Morgan fingerprint density at radius 3 is 2.29 bits per heavy atom. The molecule has 12 heteroatoms. The third kappa shape index (κ3) is 9.73. The van der Waals surface area contributed by atoms with E-state index in [1.165, 1.54) is 36.3 Å². The van der Waals surface area contributed by atoms with Gasteiger partial charge in [-0.05, 0) is 89.8 Å². The predicted octanol–water partition coefficient (Wildman–Crippen LogP) is 10.9. The van der Waals surface area contributed by atoms with E-state index in [0.717, 1.165) is 35.3 Å². The van der Waals surface area contributed by atoms with Gasteiger partial charge in [0.15, 0.2) is 0 Å². The highest BCUT2D eigenvalue weighted by Crippen LogP contribution is 2.45. The molecule has 4 aromatic carbocycles. The van der Waals surface area contributed by atoms with Crippen LogP contribution in [0.4, 0.5) is 10.7 Å². The molecule has 3 N–H and O–H groups in total. The summed E-state index contributed by atoms with van der Waals surface area (Å²) in [6.07, 6.45) is 3.98. The van der Waals surface area contributed by atoms with Crippen molar-refractivity contribution in [2.45, 2.75) is 50.2 Å². The largest absolute Gasteiger partial charge is 0.465 e. The lowest BCUT2D eigenvalue weighted by Crippen LogP contribution is -2.30. The van der Waals surface area contributed by atoms with Crippen LogP contribution in [0.2, 0.25) is 10.0 Å². The first-order valence-electron chi connectivity index (χ1n) is 18.0. The van der Waals surface area contributed by atoms with E-state index in [4.69, 9.17) is 27.9 Å². The van der Waals surface area contributed by atoms with Gasteiger partial charge in [0.2, 0.25) is 5.91 Å². The van der Waals surface area contributed by atoms with Crippen LogP contribution in [0, 0.1) is 11.3 Å². The summed E-state index contributed by atoms with van der Waals surface area (Å²) in [5.41, 5.74) is 3.42. The van der Waals surface area contributed by atoms with Crippen molar-refractivity contribution in [2.24, 2.45) is 11.3 Å². The Hall–Kier alpha value is -4.87. The topological polar surface area (TPSA) is 114 Å². The van der Waals surface area contributed by atoms with Gasteiger partial charge < -0.3 is 20.7 Å². The van der Waals surface area contributed by atoms with Crippen molar-refractivity contribution in [3.05, 3.63) is 152 Å². The summed E-state index contributed by atoms with van der Waals surface area (Å²) in [6, 6.07) is 30.0. The fourth-order valence-electron chi connectivity index (χ4n) is 6.52. The third-order valence-electron chi connectivity index (χ3n) is 9.61. The molecular formula is C44H41Cl2N3O5S2. The number of ether oxygens (including phenoxy) is 1. The van der Waals surface area contributed by atoms with E-state index in [0.29, 0.717) is 43.2 Å². The van der Waals surface area contributed by atoms with Crippen LogP contribution in [0.3, 0.4) is 0 Å². The number of thioether (sulfide) groups is 1. The van der Waals surface area contributed by atoms with Gasteiger partial charge in [0.05, 0.1) is 22.7 Å². The number of benzene rings is 4. The standard InChI is InChI=1S/C44H41Cl2N3O5S2/c1-44(2,3)29-21-22-32-35(24-29)56-42(36(32)43(53)54-4)49-41(52)38(26-13-7-5-8-14-26)55-31-19-12-18-30(25-31)47-40(51)34(23-28-17-11-20-33(45)37(28)46)48-39(50)27-15-9-6-10-16-27/h5-20,23,25,29,38H,21-22,24H2,1-4H3,(H,47,51)(H,48,50)(H,49,52)/b34-23+. The van der Waals surface area contributed by atoms with Gasteiger partial charge in [0.25, 0.3) is 11.8 Å². The van der Waals surface area contributed by atoms with Crippen molar-refractivity contribution in [1.29, 1.82) is 0 Å². The summed E-state index contributed by atoms with van der Waals surface area (Å²) in [5.74, 6) is -1.41. The van der Waals surface area contributed by atoms with E-state index in [9.17, 15) is 19.2 Å². The van der Waals surface area contributed by atoms with Crippen LogP contribution in [0.1, 0.15) is 74.7 Å². The number of esters is 1. The molecule has 56 heavy (non-hydrogen) atoms. The highest BCUT2D eigenvalue weighted by atomic mass is 35.5. The zero-order valence-electron chi connectivity index (χ0n) is 31.3.